The van der Waals surface area contributed by atoms with Crippen molar-refractivity contribution in [2.75, 3.05) is 56.2 Å². The number of β-amino-alcohol motifs (C(OH)–C–C–N with tert-alkyl or cyclic N) is 1. The topological polar surface area (TPSA) is 99.3 Å². The maximum atomic E-state index is 14.4. The number of hydrogen-bond acceptors (Lipinski definition) is 8. The molecule has 3 aliphatic rings. The van der Waals surface area contributed by atoms with Crippen molar-refractivity contribution >= 4 is 23.2 Å². The Morgan fingerprint density at radius 2 is 1.97 bits per heavy atom. The number of aromatic nitrogens is 4. The van der Waals surface area contributed by atoms with Crippen LogP contribution in [0.2, 0.25) is 0 Å². The number of hydrogen-bond donors (Lipinski definition) is 1. The second-order valence-corrected chi connectivity index (χ2v) is 11.1. The van der Waals surface area contributed by atoms with Crippen LogP contribution in [0, 0.1) is 0 Å². The van der Waals surface area contributed by atoms with E-state index < -0.39 is 5.41 Å². The number of amides is 1. The zero-order valence-electron chi connectivity index (χ0n) is 22.3. The van der Waals surface area contributed by atoms with Gasteiger partial charge >= 0.3 is 0 Å². The highest BCUT2D eigenvalue weighted by molar-refractivity contribution is 5.88. The molecule has 0 spiro atoms. The molecule has 3 aromatic heterocycles. The molecule has 3 aromatic rings. The van der Waals surface area contributed by atoms with Gasteiger partial charge in [-0.2, -0.15) is 9.61 Å². The number of aliphatic hydroxyl groups excluding tert-OH is 1. The van der Waals surface area contributed by atoms with E-state index in [4.69, 9.17) is 14.8 Å². The van der Waals surface area contributed by atoms with E-state index in [1.807, 2.05) is 34.5 Å². The van der Waals surface area contributed by atoms with E-state index in [9.17, 15) is 9.90 Å². The first-order valence-corrected chi connectivity index (χ1v) is 13.8. The van der Waals surface area contributed by atoms with Gasteiger partial charge in [-0.15, -0.1) is 0 Å². The summed E-state index contributed by atoms with van der Waals surface area (Å²) >= 11 is 0. The minimum Gasteiger partial charge on any atom is -0.389 e. The van der Waals surface area contributed by atoms with Crippen LogP contribution >= 0.6 is 0 Å². The van der Waals surface area contributed by atoms with Crippen LogP contribution in [0.3, 0.4) is 0 Å². The van der Waals surface area contributed by atoms with E-state index in [2.05, 4.69) is 27.9 Å². The Kier molecular flexibility index (Phi) is 6.69. The largest absolute Gasteiger partial charge is 0.389 e. The summed E-state index contributed by atoms with van der Waals surface area (Å²) in [6, 6.07) is 7.83. The number of piperidine rings is 1. The summed E-state index contributed by atoms with van der Waals surface area (Å²) in [6.07, 6.45) is 7.91. The van der Waals surface area contributed by atoms with Crippen LogP contribution in [0.25, 0.3) is 5.65 Å². The third kappa shape index (κ3) is 4.49. The molecule has 0 aliphatic carbocycles. The van der Waals surface area contributed by atoms with E-state index >= 15 is 0 Å². The number of anilines is 2. The van der Waals surface area contributed by atoms with Gasteiger partial charge in [0.2, 0.25) is 5.91 Å². The van der Waals surface area contributed by atoms with Crippen LogP contribution in [0.4, 0.5) is 11.6 Å². The Labute approximate surface area is 223 Å². The maximum Gasteiger partial charge on any atom is 0.235 e. The molecule has 38 heavy (non-hydrogen) atoms. The van der Waals surface area contributed by atoms with Gasteiger partial charge in [0.25, 0.3) is 0 Å². The second-order valence-electron chi connectivity index (χ2n) is 11.1. The Balaban J connectivity index is 1.44. The molecule has 0 saturated carbocycles. The van der Waals surface area contributed by atoms with Gasteiger partial charge < -0.3 is 24.5 Å². The number of fused-ring (bicyclic) bond motifs is 3. The van der Waals surface area contributed by atoms with Crippen molar-refractivity contribution in [3.8, 4) is 0 Å². The van der Waals surface area contributed by atoms with Crippen molar-refractivity contribution in [3.63, 3.8) is 0 Å². The Bertz CT molecular complexity index is 1290. The molecule has 6 heterocycles. The van der Waals surface area contributed by atoms with E-state index in [0.717, 1.165) is 67.2 Å². The fraction of sp³-hybridized carbons (Fsp3) is 0.571. The van der Waals surface area contributed by atoms with Gasteiger partial charge in [-0.3, -0.25) is 9.78 Å². The molecule has 2 bridgehead atoms. The standard InChI is InChI=1S/C28H37N7O3/c1-28(20-8-7-10-29-16-20)19-38-13-6-5-11-32(2)26-15-24(33-17-21(36)18-33)30-25-14-22(31-35(25)26)23-9-3-4-12-34(23)27(28)37/h7-8,10,14-16,21,23,36H,3-6,9,11-13,17-19H2,1-2H3. The van der Waals surface area contributed by atoms with Crippen molar-refractivity contribution in [3.05, 3.63) is 47.9 Å². The van der Waals surface area contributed by atoms with Gasteiger partial charge in [0, 0.05) is 64.4 Å². The average Bonchev–Trinajstić information content (AvgIpc) is 3.36. The molecular formula is C28H37N7O3. The fourth-order valence-electron chi connectivity index (χ4n) is 5.90. The van der Waals surface area contributed by atoms with Crippen LogP contribution in [0.15, 0.2) is 36.7 Å². The lowest BCUT2D eigenvalue weighted by Crippen LogP contribution is -2.51. The summed E-state index contributed by atoms with van der Waals surface area (Å²) in [5, 5.41) is 14.9. The molecule has 3 aliphatic heterocycles. The lowest BCUT2D eigenvalue weighted by atomic mass is 9.81. The first kappa shape index (κ1) is 25.1. The maximum absolute atomic E-state index is 14.4. The first-order chi connectivity index (χ1) is 18.4. The highest BCUT2D eigenvalue weighted by Crippen LogP contribution is 2.37. The van der Waals surface area contributed by atoms with Crippen molar-refractivity contribution < 1.29 is 14.6 Å². The molecule has 0 radical (unpaired) electrons. The quantitative estimate of drug-likeness (QED) is 0.552. The number of aliphatic hydroxyl groups is 1. The van der Waals surface area contributed by atoms with Gasteiger partial charge in [0.05, 0.1) is 29.9 Å². The van der Waals surface area contributed by atoms with Gasteiger partial charge in [0.15, 0.2) is 5.65 Å². The molecular weight excluding hydrogens is 482 g/mol. The summed E-state index contributed by atoms with van der Waals surface area (Å²) in [5.41, 5.74) is 1.67. The molecule has 2 unspecified atom stereocenters. The van der Waals surface area contributed by atoms with Crippen molar-refractivity contribution in [2.24, 2.45) is 0 Å². The van der Waals surface area contributed by atoms with Crippen LogP contribution in [0.5, 0.6) is 0 Å². The smallest absolute Gasteiger partial charge is 0.235 e. The number of rotatable bonds is 2. The third-order valence-electron chi connectivity index (χ3n) is 8.29. The highest BCUT2D eigenvalue weighted by Gasteiger charge is 2.43. The van der Waals surface area contributed by atoms with Crippen LogP contribution in [0.1, 0.15) is 56.3 Å². The number of ether oxygens (including phenoxy) is 1. The monoisotopic (exact) mass is 519 g/mol. The van der Waals surface area contributed by atoms with E-state index in [0.29, 0.717) is 32.8 Å². The zero-order chi connectivity index (χ0) is 26.3. The molecule has 6 rings (SSSR count). The SMILES string of the molecule is CN1CCCCOCC(C)(c2cccnc2)C(=O)N2CCCCC2c2cc3nc(N4CC(O)C4)cc1n3n2. The van der Waals surface area contributed by atoms with Gasteiger partial charge in [-0.1, -0.05) is 6.07 Å². The van der Waals surface area contributed by atoms with Crippen molar-refractivity contribution in [2.45, 2.75) is 56.6 Å². The molecule has 10 heteroatoms. The second kappa shape index (κ2) is 10.1. The van der Waals surface area contributed by atoms with Gasteiger partial charge in [0.1, 0.15) is 11.6 Å². The summed E-state index contributed by atoms with van der Waals surface area (Å²) in [6.45, 7) is 5.59. The van der Waals surface area contributed by atoms with Gasteiger partial charge in [-0.05, 0) is 50.7 Å². The van der Waals surface area contributed by atoms with E-state index in [-0.39, 0.29) is 18.1 Å². The number of carbonyl (C=O) groups excluding carboxylic acids is 1. The van der Waals surface area contributed by atoms with Crippen LogP contribution < -0.4 is 9.80 Å². The van der Waals surface area contributed by atoms with Crippen LogP contribution in [-0.2, 0) is 14.9 Å². The predicted molar refractivity (Wildman–Crippen MR) is 144 cm³/mol. The molecule has 1 amide bonds. The molecule has 202 valence electrons. The van der Waals surface area contributed by atoms with E-state index in [1.54, 1.807) is 12.4 Å². The van der Waals surface area contributed by atoms with Crippen molar-refractivity contribution in [1.29, 1.82) is 0 Å². The fourth-order valence-corrected chi connectivity index (χ4v) is 5.90. The molecule has 2 atom stereocenters. The Morgan fingerprint density at radius 3 is 2.76 bits per heavy atom. The first-order valence-electron chi connectivity index (χ1n) is 13.8. The molecule has 10 nitrogen and oxygen atoms in total. The number of nitrogens with zero attached hydrogens (tertiary/aromatic N) is 7. The lowest BCUT2D eigenvalue weighted by molar-refractivity contribution is -0.143. The molecule has 2 fully saturated rings. The minimum atomic E-state index is -0.838. The predicted octanol–water partition coefficient (Wildman–Crippen LogP) is 2.56. The van der Waals surface area contributed by atoms with Crippen LogP contribution in [-0.4, -0.2) is 88.0 Å². The Hall–Kier alpha value is -3.24. The average molecular weight is 520 g/mol. The summed E-state index contributed by atoms with van der Waals surface area (Å²) < 4.78 is 8.10. The zero-order valence-corrected chi connectivity index (χ0v) is 22.3. The summed E-state index contributed by atoms with van der Waals surface area (Å²) in [5.74, 6) is 1.87. The number of pyridine rings is 1. The van der Waals surface area contributed by atoms with E-state index in [1.165, 1.54) is 0 Å². The minimum absolute atomic E-state index is 0.0580. The third-order valence-corrected chi connectivity index (χ3v) is 8.29. The highest BCUT2D eigenvalue weighted by atomic mass is 16.5. The normalized spacial score (nSPS) is 25.7. The summed E-state index contributed by atoms with van der Waals surface area (Å²) in [4.78, 5) is 29.9. The van der Waals surface area contributed by atoms with Crippen molar-refractivity contribution in [1.82, 2.24) is 24.5 Å². The Morgan fingerprint density at radius 1 is 1.13 bits per heavy atom. The molecule has 0 aromatic carbocycles. The molecule has 2 saturated heterocycles. The lowest BCUT2D eigenvalue weighted by Gasteiger charge is -2.41. The van der Waals surface area contributed by atoms with Gasteiger partial charge in [-0.25, -0.2) is 4.98 Å². The molecule has 1 N–H and O–H groups in total. The summed E-state index contributed by atoms with van der Waals surface area (Å²) in [7, 11) is 2.08. The number of carbonyl (C=O) groups is 1.